The first-order valence-corrected chi connectivity index (χ1v) is 7.51. The zero-order valence-corrected chi connectivity index (χ0v) is 14.3. The first-order chi connectivity index (χ1) is 10.6. The Balaban J connectivity index is 0.00000264. The fourth-order valence-electron chi connectivity index (χ4n) is 2.24. The van der Waals surface area contributed by atoms with E-state index in [1.54, 1.807) is 38.4 Å². The molecular formula is C16H24ClN3O3. The summed E-state index contributed by atoms with van der Waals surface area (Å²) in [6.07, 6.45) is 1.75. The van der Waals surface area contributed by atoms with E-state index < -0.39 is 0 Å². The third-order valence-corrected chi connectivity index (χ3v) is 3.69. The summed E-state index contributed by atoms with van der Waals surface area (Å²) >= 11 is 0. The minimum atomic E-state index is -0.0942. The molecule has 1 aromatic rings. The highest BCUT2D eigenvalue weighted by Gasteiger charge is 2.20. The standard InChI is InChI=1S/C16H23N3O3.ClH/c1-19(2)15(20)11-22-14-5-3-13(4-6-14)18-16(21)12-7-9-17-10-8-12;/h3-6,12,17H,7-11H2,1-2H3,(H,18,21);1H. The molecule has 2 N–H and O–H groups in total. The molecule has 1 fully saturated rings. The van der Waals surface area contributed by atoms with Gasteiger partial charge in [0.2, 0.25) is 5.91 Å². The molecule has 0 aliphatic carbocycles. The van der Waals surface area contributed by atoms with Gasteiger partial charge in [-0.2, -0.15) is 0 Å². The van der Waals surface area contributed by atoms with Crippen LogP contribution in [0.2, 0.25) is 0 Å². The lowest BCUT2D eigenvalue weighted by Gasteiger charge is -2.21. The fourth-order valence-corrected chi connectivity index (χ4v) is 2.24. The molecule has 6 nitrogen and oxygen atoms in total. The van der Waals surface area contributed by atoms with Crippen molar-refractivity contribution in [2.24, 2.45) is 5.92 Å². The van der Waals surface area contributed by atoms with Gasteiger partial charge < -0.3 is 20.3 Å². The third kappa shape index (κ3) is 6.08. The van der Waals surface area contributed by atoms with Gasteiger partial charge in [-0.05, 0) is 50.2 Å². The second kappa shape index (κ2) is 9.37. The van der Waals surface area contributed by atoms with Gasteiger partial charge in [-0.25, -0.2) is 0 Å². The van der Waals surface area contributed by atoms with Crippen LogP contribution in [-0.4, -0.2) is 50.5 Å². The van der Waals surface area contributed by atoms with Crippen LogP contribution < -0.4 is 15.4 Å². The molecule has 1 aliphatic rings. The smallest absolute Gasteiger partial charge is 0.259 e. The molecule has 1 heterocycles. The van der Waals surface area contributed by atoms with Crippen LogP contribution in [0.3, 0.4) is 0 Å². The van der Waals surface area contributed by atoms with Crippen molar-refractivity contribution in [1.29, 1.82) is 0 Å². The van der Waals surface area contributed by atoms with E-state index in [9.17, 15) is 9.59 Å². The van der Waals surface area contributed by atoms with Crippen molar-refractivity contribution in [3.8, 4) is 5.75 Å². The van der Waals surface area contributed by atoms with Gasteiger partial charge in [0.1, 0.15) is 5.75 Å². The zero-order valence-electron chi connectivity index (χ0n) is 13.5. The van der Waals surface area contributed by atoms with E-state index in [4.69, 9.17) is 4.74 Å². The van der Waals surface area contributed by atoms with Crippen LogP contribution in [0.25, 0.3) is 0 Å². The fraction of sp³-hybridized carbons (Fsp3) is 0.500. The van der Waals surface area contributed by atoms with E-state index in [2.05, 4.69) is 10.6 Å². The van der Waals surface area contributed by atoms with Crippen LogP contribution in [0.4, 0.5) is 5.69 Å². The Hall–Kier alpha value is -1.79. The van der Waals surface area contributed by atoms with Gasteiger partial charge in [-0.1, -0.05) is 0 Å². The van der Waals surface area contributed by atoms with Crippen molar-refractivity contribution in [1.82, 2.24) is 10.2 Å². The van der Waals surface area contributed by atoms with Crippen molar-refractivity contribution in [2.45, 2.75) is 12.8 Å². The number of hydrogen-bond acceptors (Lipinski definition) is 4. The number of anilines is 1. The van der Waals surface area contributed by atoms with Crippen LogP contribution in [0.1, 0.15) is 12.8 Å². The van der Waals surface area contributed by atoms with Crippen molar-refractivity contribution in [2.75, 3.05) is 39.1 Å². The van der Waals surface area contributed by atoms with Crippen LogP contribution in [0.15, 0.2) is 24.3 Å². The molecule has 1 aliphatic heterocycles. The molecule has 0 radical (unpaired) electrons. The van der Waals surface area contributed by atoms with Gasteiger partial charge in [-0.3, -0.25) is 9.59 Å². The number of ether oxygens (including phenoxy) is 1. The SMILES string of the molecule is CN(C)C(=O)COc1ccc(NC(=O)C2CCNCC2)cc1.Cl. The maximum Gasteiger partial charge on any atom is 0.259 e. The maximum absolute atomic E-state index is 12.1. The number of nitrogens with zero attached hydrogens (tertiary/aromatic N) is 1. The van der Waals surface area contributed by atoms with Crippen molar-refractivity contribution in [3.63, 3.8) is 0 Å². The summed E-state index contributed by atoms with van der Waals surface area (Å²) in [7, 11) is 3.37. The summed E-state index contributed by atoms with van der Waals surface area (Å²) in [6.45, 7) is 1.79. The molecule has 23 heavy (non-hydrogen) atoms. The van der Waals surface area contributed by atoms with Gasteiger partial charge >= 0.3 is 0 Å². The van der Waals surface area contributed by atoms with E-state index in [0.717, 1.165) is 31.6 Å². The molecule has 0 atom stereocenters. The average molecular weight is 342 g/mol. The van der Waals surface area contributed by atoms with Crippen molar-refractivity contribution < 1.29 is 14.3 Å². The number of nitrogens with one attached hydrogen (secondary N) is 2. The van der Waals surface area contributed by atoms with Gasteiger partial charge in [0.15, 0.2) is 6.61 Å². The predicted octanol–water partition coefficient (Wildman–Crippen LogP) is 1.51. The Bertz CT molecular complexity index is 514. The molecule has 0 spiro atoms. The van der Waals surface area contributed by atoms with E-state index in [0.29, 0.717) is 5.75 Å². The number of benzene rings is 1. The summed E-state index contributed by atoms with van der Waals surface area (Å²) < 4.78 is 5.39. The topological polar surface area (TPSA) is 70.7 Å². The Morgan fingerprint density at radius 1 is 1.22 bits per heavy atom. The maximum atomic E-state index is 12.1. The Morgan fingerprint density at radius 3 is 2.39 bits per heavy atom. The number of carbonyl (C=O) groups excluding carboxylic acids is 2. The van der Waals surface area contributed by atoms with Crippen LogP contribution in [0.5, 0.6) is 5.75 Å². The summed E-state index contributed by atoms with van der Waals surface area (Å²) in [6, 6.07) is 7.07. The average Bonchev–Trinajstić information content (AvgIpc) is 2.54. The second-order valence-electron chi connectivity index (χ2n) is 5.61. The lowest BCUT2D eigenvalue weighted by atomic mass is 9.97. The summed E-state index contributed by atoms with van der Waals surface area (Å²) in [4.78, 5) is 25.0. The Labute approximate surface area is 143 Å². The number of halogens is 1. The molecule has 1 aromatic carbocycles. The lowest BCUT2D eigenvalue weighted by Crippen LogP contribution is -2.34. The van der Waals surface area contributed by atoms with Crippen molar-refractivity contribution >= 4 is 29.9 Å². The Kier molecular flexibility index (Phi) is 7.85. The van der Waals surface area contributed by atoms with E-state index in [1.165, 1.54) is 4.90 Å². The van der Waals surface area contributed by atoms with Gasteiger partial charge in [0.05, 0.1) is 0 Å². The highest BCUT2D eigenvalue weighted by molar-refractivity contribution is 5.92. The number of hydrogen-bond donors (Lipinski definition) is 2. The van der Waals surface area contributed by atoms with Crippen LogP contribution >= 0.6 is 12.4 Å². The molecule has 128 valence electrons. The monoisotopic (exact) mass is 341 g/mol. The van der Waals surface area contributed by atoms with E-state index >= 15 is 0 Å². The molecule has 2 rings (SSSR count). The van der Waals surface area contributed by atoms with Crippen LogP contribution in [-0.2, 0) is 9.59 Å². The molecular weight excluding hydrogens is 318 g/mol. The molecule has 0 bridgehead atoms. The molecule has 2 amide bonds. The first-order valence-electron chi connectivity index (χ1n) is 7.51. The number of likely N-dealkylation sites (N-methyl/N-ethyl adjacent to an activating group) is 1. The largest absolute Gasteiger partial charge is 0.484 e. The Morgan fingerprint density at radius 2 is 1.83 bits per heavy atom. The predicted molar refractivity (Wildman–Crippen MR) is 92.1 cm³/mol. The third-order valence-electron chi connectivity index (χ3n) is 3.69. The van der Waals surface area contributed by atoms with Gasteiger partial charge in [-0.15, -0.1) is 12.4 Å². The van der Waals surface area contributed by atoms with E-state index in [1.807, 2.05) is 0 Å². The highest BCUT2D eigenvalue weighted by atomic mass is 35.5. The van der Waals surface area contributed by atoms with E-state index in [-0.39, 0.29) is 36.7 Å². The molecule has 0 aromatic heterocycles. The van der Waals surface area contributed by atoms with Crippen molar-refractivity contribution in [3.05, 3.63) is 24.3 Å². The highest BCUT2D eigenvalue weighted by Crippen LogP contribution is 2.18. The summed E-state index contributed by atoms with van der Waals surface area (Å²) in [5, 5.41) is 6.17. The summed E-state index contributed by atoms with van der Waals surface area (Å²) in [5.41, 5.74) is 0.745. The molecule has 0 unspecified atom stereocenters. The summed E-state index contributed by atoms with van der Waals surface area (Å²) in [5.74, 6) is 0.659. The molecule has 1 saturated heterocycles. The number of piperidine rings is 1. The van der Waals surface area contributed by atoms with Crippen LogP contribution in [0, 0.1) is 5.92 Å². The van der Waals surface area contributed by atoms with Gasteiger partial charge in [0, 0.05) is 25.7 Å². The normalized spacial score (nSPS) is 14.5. The zero-order chi connectivity index (χ0) is 15.9. The minimum absolute atomic E-state index is 0. The number of rotatable bonds is 5. The lowest BCUT2D eigenvalue weighted by molar-refractivity contribution is -0.130. The number of amides is 2. The second-order valence-corrected chi connectivity index (χ2v) is 5.61. The molecule has 0 saturated carbocycles. The molecule has 7 heteroatoms. The minimum Gasteiger partial charge on any atom is -0.484 e. The van der Waals surface area contributed by atoms with Gasteiger partial charge in [0.25, 0.3) is 5.91 Å². The number of carbonyl (C=O) groups is 2. The quantitative estimate of drug-likeness (QED) is 0.851. The first kappa shape index (κ1) is 19.3.